The van der Waals surface area contributed by atoms with Crippen LogP contribution >= 0.6 is 0 Å². The molecule has 0 spiro atoms. The lowest BCUT2D eigenvalue weighted by molar-refractivity contribution is -0.113. The van der Waals surface area contributed by atoms with Crippen LogP contribution < -0.4 is 0 Å². The van der Waals surface area contributed by atoms with Crippen molar-refractivity contribution in [2.24, 2.45) is 17.8 Å². The van der Waals surface area contributed by atoms with Crippen LogP contribution in [0.2, 0.25) is 0 Å². The third kappa shape index (κ3) is 1.99. The lowest BCUT2D eigenvalue weighted by atomic mass is 9.64. The van der Waals surface area contributed by atoms with E-state index in [0.717, 1.165) is 24.0 Å². The molecule has 0 aliphatic heterocycles. The number of fused-ring (bicyclic) bond motifs is 1. The highest BCUT2D eigenvalue weighted by Crippen LogP contribution is 2.44. The van der Waals surface area contributed by atoms with E-state index in [2.05, 4.69) is 13.8 Å². The predicted molar refractivity (Wildman–Crippen MR) is 68.5 cm³/mol. The number of carbonyl (C=O) groups is 1. The first-order valence-corrected chi connectivity index (χ1v) is 6.53. The van der Waals surface area contributed by atoms with E-state index in [1.165, 1.54) is 5.57 Å². The Kier molecular flexibility index (Phi) is 3.26. The molecule has 0 amide bonds. The van der Waals surface area contributed by atoms with E-state index in [1.54, 1.807) is 6.08 Å². The highest BCUT2D eigenvalue weighted by atomic mass is 16.3. The standard InChI is InChI=1S/C15H22O2/c1-8(2)11-6-5-9(3)13-12(16)7-10(4)15(17)14(11)13/h7-8,11,14-15,17H,5-6H2,1-4H3/t11-,14-,15-/m1/s1. The number of aliphatic hydroxyl groups is 1. The van der Waals surface area contributed by atoms with Gasteiger partial charge in [-0.2, -0.15) is 0 Å². The zero-order valence-electron chi connectivity index (χ0n) is 11.2. The van der Waals surface area contributed by atoms with Crippen molar-refractivity contribution in [2.75, 3.05) is 0 Å². The third-order valence-corrected chi connectivity index (χ3v) is 4.39. The van der Waals surface area contributed by atoms with Crippen LogP contribution in [0.5, 0.6) is 0 Å². The Labute approximate surface area is 103 Å². The minimum atomic E-state index is -0.467. The summed E-state index contributed by atoms with van der Waals surface area (Å²) in [6, 6.07) is 0. The van der Waals surface area contributed by atoms with Crippen molar-refractivity contribution >= 4 is 5.78 Å². The quantitative estimate of drug-likeness (QED) is 0.757. The number of hydrogen-bond acceptors (Lipinski definition) is 2. The zero-order chi connectivity index (χ0) is 12.7. The van der Waals surface area contributed by atoms with Crippen LogP contribution in [0.4, 0.5) is 0 Å². The van der Waals surface area contributed by atoms with Crippen LogP contribution in [0.25, 0.3) is 0 Å². The van der Waals surface area contributed by atoms with Gasteiger partial charge in [-0.3, -0.25) is 4.79 Å². The van der Waals surface area contributed by atoms with E-state index < -0.39 is 6.10 Å². The minimum absolute atomic E-state index is 0.0289. The van der Waals surface area contributed by atoms with Gasteiger partial charge < -0.3 is 5.11 Å². The second kappa shape index (κ2) is 4.41. The molecular weight excluding hydrogens is 212 g/mol. The lowest BCUT2D eigenvalue weighted by Crippen LogP contribution is -2.41. The summed E-state index contributed by atoms with van der Waals surface area (Å²) in [6.45, 7) is 8.28. The molecule has 0 saturated heterocycles. The molecule has 0 aromatic rings. The smallest absolute Gasteiger partial charge is 0.182 e. The molecule has 2 aliphatic carbocycles. The Balaban J connectivity index is 2.49. The van der Waals surface area contributed by atoms with Crippen molar-refractivity contribution in [2.45, 2.75) is 46.6 Å². The lowest BCUT2D eigenvalue weighted by Gasteiger charge is -2.41. The maximum absolute atomic E-state index is 12.1. The summed E-state index contributed by atoms with van der Waals surface area (Å²) in [4.78, 5) is 12.1. The summed E-state index contributed by atoms with van der Waals surface area (Å²) < 4.78 is 0. The van der Waals surface area contributed by atoms with Crippen molar-refractivity contribution in [3.05, 3.63) is 22.8 Å². The summed E-state index contributed by atoms with van der Waals surface area (Å²) in [6.07, 6.45) is 3.24. The molecule has 2 rings (SSSR count). The summed E-state index contributed by atoms with van der Waals surface area (Å²) in [7, 11) is 0. The van der Waals surface area contributed by atoms with Crippen LogP contribution in [0.15, 0.2) is 22.8 Å². The van der Waals surface area contributed by atoms with Crippen molar-refractivity contribution in [3.63, 3.8) is 0 Å². The second-order valence-corrected chi connectivity index (χ2v) is 5.86. The summed E-state index contributed by atoms with van der Waals surface area (Å²) in [5.41, 5.74) is 2.90. The van der Waals surface area contributed by atoms with Crippen LogP contribution in [0.3, 0.4) is 0 Å². The summed E-state index contributed by atoms with van der Waals surface area (Å²) >= 11 is 0. The Morgan fingerprint density at radius 3 is 2.59 bits per heavy atom. The molecule has 94 valence electrons. The molecule has 0 aromatic heterocycles. The molecule has 2 aliphatic rings. The Hall–Kier alpha value is -0.890. The van der Waals surface area contributed by atoms with E-state index in [1.807, 2.05) is 13.8 Å². The third-order valence-electron chi connectivity index (χ3n) is 4.39. The van der Waals surface area contributed by atoms with E-state index in [-0.39, 0.29) is 11.7 Å². The first-order valence-electron chi connectivity index (χ1n) is 6.53. The number of aliphatic hydroxyl groups excluding tert-OH is 1. The number of ketones is 1. The molecule has 0 unspecified atom stereocenters. The fourth-order valence-electron chi connectivity index (χ4n) is 3.36. The predicted octanol–water partition coefficient (Wildman–Crippen LogP) is 2.88. The number of hydrogen-bond donors (Lipinski definition) is 1. The molecule has 0 fully saturated rings. The van der Waals surface area contributed by atoms with Gasteiger partial charge in [0.15, 0.2) is 5.78 Å². The van der Waals surface area contributed by atoms with Crippen LogP contribution in [0.1, 0.15) is 40.5 Å². The molecule has 0 bridgehead atoms. The monoisotopic (exact) mass is 234 g/mol. The van der Waals surface area contributed by atoms with E-state index in [9.17, 15) is 9.90 Å². The normalized spacial score (nSPS) is 33.9. The van der Waals surface area contributed by atoms with E-state index in [4.69, 9.17) is 0 Å². The molecule has 17 heavy (non-hydrogen) atoms. The fraction of sp³-hybridized carbons (Fsp3) is 0.667. The average molecular weight is 234 g/mol. The van der Waals surface area contributed by atoms with Gasteiger partial charge >= 0.3 is 0 Å². The van der Waals surface area contributed by atoms with Gasteiger partial charge in [0.2, 0.25) is 0 Å². The molecule has 0 saturated carbocycles. The van der Waals surface area contributed by atoms with Gasteiger partial charge in [0.25, 0.3) is 0 Å². The van der Waals surface area contributed by atoms with Crippen molar-refractivity contribution in [1.29, 1.82) is 0 Å². The molecular formula is C15H22O2. The Bertz CT molecular complexity index is 401. The van der Waals surface area contributed by atoms with Gasteiger partial charge in [0, 0.05) is 11.5 Å². The van der Waals surface area contributed by atoms with Gasteiger partial charge in [-0.05, 0) is 50.2 Å². The topological polar surface area (TPSA) is 37.3 Å². The van der Waals surface area contributed by atoms with Crippen molar-refractivity contribution < 1.29 is 9.90 Å². The number of carbonyl (C=O) groups excluding carboxylic acids is 1. The molecule has 0 aromatic carbocycles. The van der Waals surface area contributed by atoms with Crippen molar-refractivity contribution in [3.8, 4) is 0 Å². The number of allylic oxidation sites excluding steroid dienone is 2. The van der Waals surface area contributed by atoms with Crippen LogP contribution in [0, 0.1) is 17.8 Å². The van der Waals surface area contributed by atoms with E-state index >= 15 is 0 Å². The minimum Gasteiger partial charge on any atom is -0.388 e. The largest absolute Gasteiger partial charge is 0.388 e. The second-order valence-electron chi connectivity index (χ2n) is 5.86. The molecule has 2 heteroatoms. The first kappa shape index (κ1) is 12.6. The zero-order valence-corrected chi connectivity index (χ0v) is 11.2. The van der Waals surface area contributed by atoms with Gasteiger partial charge in [-0.1, -0.05) is 19.4 Å². The van der Waals surface area contributed by atoms with Crippen LogP contribution in [-0.2, 0) is 4.79 Å². The summed E-state index contributed by atoms with van der Waals surface area (Å²) in [5.74, 6) is 1.09. The van der Waals surface area contributed by atoms with Gasteiger partial charge in [-0.25, -0.2) is 0 Å². The maximum atomic E-state index is 12.1. The first-order chi connectivity index (χ1) is 7.93. The highest BCUT2D eigenvalue weighted by Gasteiger charge is 2.42. The van der Waals surface area contributed by atoms with Crippen molar-refractivity contribution in [1.82, 2.24) is 0 Å². The molecule has 1 N–H and O–H groups in total. The van der Waals surface area contributed by atoms with Crippen LogP contribution in [-0.4, -0.2) is 17.0 Å². The molecule has 0 heterocycles. The van der Waals surface area contributed by atoms with Gasteiger partial charge in [-0.15, -0.1) is 0 Å². The van der Waals surface area contributed by atoms with E-state index in [0.29, 0.717) is 11.8 Å². The number of rotatable bonds is 1. The molecule has 2 nitrogen and oxygen atoms in total. The fourth-order valence-corrected chi connectivity index (χ4v) is 3.36. The maximum Gasteiger partial charge on any atom is 0.182 e. The average Bonchev–Trinajstić information content (AvgIpc) is 2.25. The Morgan fingerprint density at radius 2 is 2.00 bits per heavy atom. The summed E-state index contributed by atoms with van der Waals surface area (Å²) in [5, 5.41) is 10.4. The highest BCUT2D eigenvalue weighted by molar-refractivity contribution is 6.06. The van der Waals surface area contributed by atoms with Gasteiger partial charge in [0.05, 0.1) is 6.10 Å². The SMILES string of the molecule is CC1=CC(=O)C2=C(C)CC[C@H](C(C)C)[C@H]2[C@@H]1O. The van der Waals surface area contributed by atoms with Gasteiger partial charge in [0.1, 0.15) is 0 Å². The molecule has 0 radical (unpaired) electrons. The molecule has 3 atom stereocenters. The Morgan fingerprint density at radius 1 is 1.35 bits per heavy atom.